The second-order valence-electron chi connectivity index (χ2n) is 6.34. The fourth-order valence-corrected chi connectivity index (χ4v) is 4.76. The van der Waals surface area contributed by atoms with Gasteiger partial charge in [0.1, 0.15) is 11.5 Å². The minimum atomic E-state index is -3.55. The van der Waals surface area contributed by atoms with Gasteiger partial charge in [-0.05, 0) is 42.7 Å². The summed E-state index contributed by atoms with van der Waals surface area (Å²) in [5.74, 6) is -0.620. The topological polar surface area (TPSA) is 54.7 Å². The number of imidazole rings is 1. The highest BCUT2D eigenvalue weighted by atomic mass is 32.2. The molecule has 130 valence electrons. The molecule has 0 N–H and O–H groups in total. The molecule has 1 aliphatic rings. The quantitative estimate of drug-likeness (QED) is 0.680. The summed E-state index contributed by atoms with van der Waals surface area (Å²) < 4.78 is 42.7. The van der Waals surface area contributed by atoms with Gasteiger partial charge in [-0.25, -0.2) is 17.8 Å². The zero-order chi connectivity index (χ0) is 17.4. The van der Waals surface area contributed by atoms with Gasteiger partial charge >= 0.3 is 0 Å². The Labute approximate surface area is 145 Å². The minimum Gasteiger partial charge on any atom is -0.303 e. The van der Waals surface area contributed by atoms with Crippen molar-refractivity contribution < 1.29 is 12.8 Å². The first-order valence-corrected chi connectivity index (χ1v) is 9.79. The van der Waals surface area contributed by atoms with Crippen LogP contribution in [0, 0.1) is 5.82 Å². The van der Waals surface area contributed by atoms with E-state index in [-0.39, 0.29) is 18.3 Å². The SMILES string of the molecule is O=S(=O)(Cc1cccc(F)c1)N(Cc1cnc2ccccn12)C1CC1. The number of hydrogen-bond acceptors (Lipinski definition) is 3. The van der Waals surface area contributed by atoms with Crippen LogP contribution in [0.2, 0.25) is 0 Å². The van der Waals surface area contributed by atoms with Crippen LogP contribution in [0.1, 0.15) is 24.1 Å². The molecule has 5 nitrogen and oxygen atoms in total. The highest BCUT2D eigenvalue weighted by molar-refractivity contribution is 7.88. The number of sulfonamides is 1. The van der Waals surface area contributed by atoms with Gasteiger partial charge in [0.25, 0.3) is 0 Å². The van der Waals surface area contributed by atoms with Crippen molar-refractivity contribution in [2.75, 3.05) is 0 Å². The Morgan fingerprint density at radius 2 is 2.04 bits per heavy atom. The van der Waals surface area contributed by atoms with Crippen LogP contribution in [-0.4, -0.2) is 28.1 Å². The molecular formula is C18H18FN3O2S. The van der Waals surface area contributed by atoms with Crippen molar-refractivity contribution >= 4 is 15.7 Å². The second kappa shape index (κ2) is 6.24. The summed E-state index contributed by atoms with van der Waals surface area (Å²) in [6, 6.07) is 11.4. The molecule has 1 saturated carbocycles. The molecule has 0 spiro atoms. The molecular weight excluding hydrogens is 341 g/mol. The standard InChI is InChI=1S/C18H18FN3O2S/c19-15-5-3-4-14(10-15)13-25(23,24)22(16-7-8-16)12-17-11-20-18-6-1-2-9-21(17)18/h1-6,9-11,16H,7-8,12-13H2. The molecule has 2 aromatic heterocycles. The Hall–Kier alpha value is -2.25. The number of rotatable bonds is 6. The summed E-state index contributed by atoms with van der Waals surface area (Å²) in [5.41, 5.74) is 2.07. The van der Waals surface area contributed by atoms with E-state index in [0.29, 0.717) is 5.56 Å². The van der Waals surface area contributed by atoms with Gasteiger partial charge in [0.15, 0.2) is 0 Å². The molecule has 0 unspecified atom stereocenters. The molecule has 25 heavy (non-hydrogen) atoms. The summed E-state index contributed by atoms with van der Waals surface area (Å²) >= 11 is 0. The lowest BCUT2D eigenvalue weighted by atomic mass is 10.2. The summed E-state index contributed by atoms with van der Waals surface area (Å²) in [4.78, 5) is 4.32. The molecule has 0 aliphatic heterocycles. The van der Waals surface area contributed by atoms with E-state index in [9.17, 15) is 12.8 Å². The van der Waals surface area contributed by atoms with E-state index in [1.54, 1.807) is 12.3 Å². The average Bonchev–Trinajstić information content (AvgIpc) is 3.32. The average molecular weight is 359 g/mol. The van der Waals surface area contributed by atoms with Crippen LogP contribution < -0.4 is 0 Å². The van der Waals surface area contributed by atoms with Crippen LogP contribution in [0.4, 0.5) is 4.39 Å². The van der Waals surface area contributed by atoms with Crippen molar-refractivity contribution in [2.45, 2.75) is 31.2 Å². The largest absolute Gasteiger partial charge is 0.303 e. The van der Waals surface area contributed by atoms with Gasteiger partial charge in [-0.15, -0.1) is 0 Å². The number of hydrogen-bond donors (Lipinski definition) is 0. The maximum atomic E-state index is 13.4. The van der Waals surface area contributed by atoms with E-state index >= 15 is 0 Å². The van der Waals surface area contributed by atoms with Crippen molar-refractivity contribution in [2.24, 2.45) is 0 Å². The van der Waals surface area contributed by atoms with Gasteiger partial charge in [-0.1, -0.05) is 18.2 Å². The Morgan fingerprint density at radius 3 is 2.80 bits per heavy atom. The lowest BCUT2D eigenvalue weighted by Gasteiger charge is -2.21. The fraction of sp³-hybridized carbons (Fsp3) is 0.278. The predicted octanol–water partition coefficient (Wildman–Crippen LogP) is 2.97. The minimum absolute atomic E-state index is 0.0211. The molecule has 1 aliphatic carbocycles. The van der Waals surface area contributed by atoms with Crippen LogP contribution in [0.3, 0.4) is 0 Å². The van der Waals surface area contributed by atoms with E-state index < -0.39 is 15.8 Å². The van der Waals surface area contributed by atoms with Gasteiger partial charge in [-0.3, -0.25) is 0 Å². The zero-order valence-electron chi connectivity index (χ0n) is 13.5. The Balaban J connectivity index is 1.62. The smallest absolute Gasteiger partial charge is 0.218 e. The Kier molecular flexibility index (Phi) is 4.05. The number of fused-ring (bicyclic) bond motifs is 1. The Morgan fingerprint density at radius 1 is 1.20 bits per heavy atom. The van der Waals surface area contributed by atoms with Crippen LogP contribution in [0.5, 0.6) is 0 Å². The molecule has 0 amide bonds. The molecule has 0 bridgehead atoms. The fourth-order valence-electron chi connectivity index (χ4n) is 3.00. The molecule has 0 atom stereocenters. The van der Waals surface area contributed by atoms with Gasteiger partial charge in [0.05, 0.1) is 24.2 Å². The first kappa shape index (κ1) is 16.2. The summed E-state index contributed by atoms with van der Waals surface area (Å²) in [5, 5.41) is 0. The zero-order valence-corrected chi connectivity index (χ0v) is 14.4. The lowest BCUT2D eigenvalue weighted by molar-refractivity contribution is 0.393. The number of halogens is 1. The van der Waals surface area contributed by atoms with Crippen LogP contribution in [-0.2, 0) is 22.3 Å². The van der Waals surface area contributed by atoms with Gasteiger partial charge in [-0.2, -0.15) is 4.31 Å². The maximum absolute atomic E-state index is 13.4. The number of pyridine rings is 1. The van der Waals surface area contributed by atoms with Crippen LogP contribution >= 0.6 is 0 Å². The third kappa shape index (κ3) is 3.43. The van der Waals surface area contributed by atoms with Crippen molar-refractivity contribution in [3.63, 3.8) is 0 Å². The molecule has 1 fully saturated rings. The summed E-state index contributed by atoms with van der Waals surface area (Å²) in [7, 11) is -3.55. The van der Waals surface area contributed by atoms with Crippen molar-refractivity contribution in [1.82, 2.24) is 13.7 Å². The third-order valence-electron chi connectivity index (χ3n) is 4.36. The molecule has 4 rings (SSSR count). The van der Waals surface area contributed by atoms with Gasteiger partial charge < -0.3 is 4.40 Å². The van der Waals surface area contributed by atoms with Crippen LogP contribution in [0.15, 0.2) is 54.9 Å². The van der Waals surface area contributed by atoms with Crippen molar-refractivity contribution in [3.05, 3.63) is 71.9 Å². The molecule has 2 heterocycles. The lowest BCUT2D eigenvalue weighted by Crippen LogP contribution is -2.34. The third-order valence-corrected chi connectivity index (χ3v) is 6.20. The normalized spacial score (nSPS) is 15.1. The second-order valence-corrected chi connectivity index (χ2v) is 8.26. The van der Waals surface area contributed by atoms with E-state index in [4.69, 9.17) is 0 Å². The maximum Gasteiger partial charge on any atom is 0.218 e. The molecule has 1 aromatic carbocycles. The molecule has 0 saturated heterocycles. The highest BCUT2D eigenvalue weighted by Crippen LogP contribution is 2.32. The van der Waals surface area contributed by atoms with E-state index in [0.717, 1.165) is 24.2 Å². The van der Waals surface area contributed by atoms with Crippen molar-refractivity contribution in [1.29, 1.82) is 0 Å². The summed E-state index contributed by atoms with van der Waals surface area (Å²) in [6.07, 6.45) is 5.31. The monoisotopic (exact) mass is 359 g/mol. The van der Waals surface area contributed by atoms with E-state index in [2.05, 4.69) is 4.98 Å². The van der Waals surface area contributed by atoms with Crippen LogP contribution in [0.25, 0.3) is 5.65 Å². The first-order valence-electron chi connectivity index (χ1n) is 8.18. The van der Waals surface area contributed by atoms with Crippen molar-refractivity contribution in [3.8, 4) is 0 Å². The van der Waals surface area contributed by atoms with Gasteiger partial charge in [0.2, 0.25) is 10.0 Å². The number of nitrogens with zero attached hydrogens (tertiary/aromatic N) is 3. The molecule has 0 radical (unpaired) electrons. The van der Waals surface area contributed by atoms with E-state index in [1.165, 1.54) is 22.5 Å². The number of aromatic nitrogens is 2. The first-order chi connectivity index (χ1) is 12.0. The summed E-state index contributed by atoms with van der Waals surface area (Å²) in [6.45, 7) is 0.271. The predicted molar refractivity (Wildman–Crippen MR) is 92.8 cm³/mol. The molecule has 3 aromatic rings. The number of benzene rings is 1. The van der Waals surface area contributed by atoms with Gasteiger partial charge in [0, 0.05) is 12.2 Å². The molecule has 7 heteroatoms. The Bertz CT molecular complexity index is 1010. The highest BCUT2D eigenvalue weighted by Gasteiger charge is 2.37. The van der Waals surface area contributed by atoms with E-state index in [1.807, 2.05) is 28.8 Å².